The standard InChI is InChI=1S/C9H6Cl3NO2/c10-5-2-7(12)6(11)1-4(5)9(15)8(14)3-13/h1-2,8-9,14-15H. The Balaban J connectivity index is 3.16. The average molecular weight is 267 g/mol. The van der Waals surface area contributed by atoms with Gasteiger partial charge in [-0.05, 0) is 12.1 Å². The summed E-state index contributed by atoms with van der Waals surface area (Å²) in [5.41, 5.74) is 0.167. The first-order valence-corrected chi connectivity index (χ1v) is 5.01. The van der Waals surface area contributed by atoms with Crippen molar-refractivity contribution < 1.29 is 10.2 Å². The topological polar surface area (TPSA) is 64.2 Å². The Morgan fingerprint density at radius 1 is 1.07 bits per heavy atom. The predicted octanol–water partition coefficient (Wildman–Crippen LogP) is 2.56. The van der Waals surface area contributed by atoms with Crippen molar-refractivity contribution in [2.24, 2.45) is 0 Å². The second kappa shape index (κ2) is 5.02. The number of nitrogens with zero attached hydrogens (tertiary/aromatic N) is 1. The first-order valence-electron chi connectivity index (χ1n) is 3.87. The van der Waals surface area contributed by atoms with E-state index in [9.17, 15) is 5.11 Å². The van der Waals surface area contributed by atoms with Crippen molar-refractivity contribution in [3.8, 4) is 6.07 Å². The van der Waals surface area contributed by atoms with E-state index in [0.29, 0.717) is 0 Å². The van der Waals surface area contributed by atoms with Crippen molar-refractivity contribution in [1.82, 2.24) is 0 Å². The van der Waals surface area contributed by atoms with Crippen LogP contribution in [0.15, 0.2) is 12.1 Å². The minimum atomic E-state index is -1.56. The van der Waals surface area contributed by atoms with Gasteiger partial charge in [0.1, 0.15) is 6.10 Å². The molecule has 0 radical (unpaired) electrons. The molecule has 1 aromatic carbocycles. The maximum Gasteiger partial charge on any atom is 0.170 e. The number of hydrogen-bond donors (Lipinski definition) is 2. The van der Waals surface area contributed by atoms with Crippen LogP contribution in [0.2, 0.25) is 15.1 Å². The summed E-state index contributed by atoms with van der Waals surface area (Å²) in [6.07, 6.45) is -2.96. The summed E-state index contributed by atoms with van der Waals surface area (Å²) in [4.78, 5) is 0. The van der Waals surface area contributed by atoms with E-state index in [1.165, 1.54) is 18.2 Å². The van der Waals surface area contributed by atoms with Crippen LogP contribution in [-0.4, -0.2) is 16.3 Å². The molecule has 6 heteroatoms. The van der Waals surface area contributed by atoms with Crippen LogP contribution in [0.1, 0.15) is 11.7 Å². The monoisotopic (exact) mass is 265 g/mol. The first-order chi connectivity index (χ1) is 6.97. The zero-order chi connectivity index (χ0) is 11.6. The van der Waals surface area contributed by atoms with Crippen molar-refractivity contribution >= 4 is 34.8 Å². The minimum absolute atomic E-state index is 0.145. The van der Waals surface area contributed by atoms with Gasteiger partial charge in [0.05, 0.1) is 16.1 Å². The van der Waals surface area contributed by atoms with E-state index in [1.807, 2.05) is 0 Å². The number of benzene rings is 1. The molecule has 1 aromatic rings. The lowest BCUT2D eigenvalue weighted by Gasteiger charge is -2.14. The van der Waals surface area contributed by atoms with Gasteiger partial charge in [0.25, 0.3) is 0 Å². The molecule has 0 aromatic heterocycles. The number of halogens is 3. The van der Waals surface area contributed by atoms with Crippen LogP contribution in [0, 0.1) is 11.3 Å². The molecule has 0 saturated carbocycles. The smallest absolute Gasteiger partial charge is 0.170 e. The largest absolute Gasteiger partial charge is 0.384 e. The zero-order valence-corrected chi connectivity index (χ0v) is 9.55. The molecule has 0 saturated heterocycles. The van der Waals surface area contributed by atoms with E-state index in [1.54, 1.807) is 0 Å². The van der Waals surface area contributed by atoms with Crippen LogP contribution in [0.4, 0.5) is 0 Å². The molecule has 0 bridgehead atoms. The predicted molar refractivity (Wildman–Crippen MR) is 58.1 cm³/mol. The van der Waals surface area contributed by atoms with E-state index in [-0.39, 0.29) is 20.6 Å². The van der Waals surface area contributed by atoms with Crippen LogP contribution in [0.25, 0.3) is 0 Å². The van der Waals surface area contributed by atoms with E-state index in [2.05, 4.69) is 0 Å². The van der Waals surface area contributed by atoms with Crippen LogP contribution >= 0.6 is 34.8 Å². The molecule has 15 heavy (non-hydrogen) atoms. The third kappa shape index (κ3) is 2.75. The van der Waals surface area contributed by atoms with Crippen LogP contribution < -0.4 is 0 Å². The van der Waals surface area contributed by atoms with Gasteiger partial charge in [-0.3, -0.25) is 0 Å². The summed E-state index contributed by atoms with van der Waals surface area (Å²) in [5.74, 6) is 0. The van der Waals surface area contributed by atoms with Crippen molar-refractivity contribution in [2.45, 2.75) is 12.2 Å². The molecule has 0 aliphatic heterocycles. The molecule has 0 fully saturated rings. The van der Waals surface area contributed by atoms with Crippen molar-refractivity contribution in [3.63, 3.8) is 0 Å². The highest BCUT2D eigenvalue weighted by Crippen LogP contribution is 2.33. The van der Waals surface area contributed by atoms with Crippen LogP contribution in [0.3, 0.4) is 0 Å². The number of aliphatic hydroxyl groups is 2. The highest BCUT2D eigenvalue weighted by Gasteiger charge is 2.21. The molecule has 1 rings (SSSR count). The Morgan fingerprint density at radius 2 is 1.60 bits per heavy atom. The fraction of sp³-hybridized carbons (Fsp3) is 0.222. The molecular formula is C9H6Cl3NO2. The number of rotatable bonds is 2. The molecule has 0 aliphatic carbocycles. The fourth-order valence-corrected chi connectivity index (χ4v) is 1.67. The van der Waals surface area contributed by atoms with Gasteiger partial charge in [0.15, 0.2) is 6.10 Å². The fourth-order valence-electron chi connectivity index (χ4n) is 1.01. The van der Waals surface area contributed by atoms with Gasteiger partial charge in [-0.2, -0.15) is 5.26 Å². The summed E-state index contributed by atoms with van der Waals surface area (Å²) in [6.45, 7) is 0. The van der Waals surface area contributed by atoms with Gasteiger partial charge in [-0.25, -0.2) is 0 Å². The van der Waals surface area contributed by atoms with Gasteiger partial charge >= 0.3 is 0 Å². The molecule has 2 unspecified atom stereocenters. The normalized spacial score (nSPS) is 14.4. The van der Waals surface area contributed by atoms with E-state index >= 15 is 0 Å². The SMILES string of the molecule is N#CC(O)C(O)c1cc(Cl)c(Cl)cc1Cl. The Kier molecular flexibility index (Phi) is 4.21. The van der Waals surface area contributed by atoms with E-state index in [0.717, 1.165) is 0 Å². The van der Waals surface area contributed by atoms with Crippen molar-refractivity contribution in [1.29, 1.82) is 5.26 Å². The van der Waals surface area contributed by atoms with Crippen molar-refractivity contribution in [3.05, 3.63) is 32.8 Å². The highest BCUT2D eigenvalue weighted by molar-refractivity contribution is 6.43. The molecule has 80 valence electrons. The molecule has 3 nitrogen and oxygen atoms in total. The van der Waals surface area contributed by atoms with Gasteiger partial charge in [-0.15, -0.1) is 0 Å². The average Bonchev–Trinajstić information content (AvgIpc) is 2.21. The van der Waals surface area contributed by atoms with Crippen LogP contribution in [-0.2, 0) is 0 Å². The molecule has 0 amide bonds. The molecule has 0 heterocycles. The molecule has 2 atom stereocenters. The second-order valence-corrected chi connectivity index (χ2v) is 4.03. The third-order valence-electron chi connectivity index (χ3n) is 1.79. The minimum Gasteiger partial charge on any atom is -0.384 e. The summed E-state index contributed by atoms with van der Waals surface area (Å²) >= 11 is 17.2. The summed E-state index contributed by atoms with van der Waals surface area (Å²) in [7, 11) is 0. The van der Waals surface area contributed by atoms with Crippen LogP contribution in [0.5, 0.6) is 0 Å². The van der Waals surface area contributed by atoms with E-state index < -0.39 is 12.2 Å². The lowest BCUT2D eigenvalue weighted by Crippen LogP contribution is -2.16. The second-order valence-electron chi connectivity index (χ2n) is 2.81. The molecule has 2 N–H and O–H groups in total. The van der Waals surface area contributed by atoms with Gasteiger partial charge < -0.3 is 10.2 Å². The van der Waals surface area contributed by atoms with Gasteiger partial charge in [-0.1, -0.05) is 34.8 Å². The molecule has 0 aliphatic rings. The Bertz CT molecular complexity index is 417. The lowest BCUT2D eigenvalue weighted by atomic mass is 10.1. The summed E-state index contributed by atoms with van der Waals surface area (Å²) < 4.78 is 0. The Hall–Kier alpha value is -0.500. The third-order valence-corrected chi connectivity index (χ3v) is 2.84. The number of aliphatic hydroxyl groups excluding tert-OH is 2. The molecular weight excluding hydrogens is 260 g/mol. The maximum absolute atomic E-state index is 9.53. The van der Waals surface area contributed by atoms with Crippen molar-refractivity contribution in [2.75, 3.05) is 0 Å². The first kappa shape index (κ1) is 12.6. The maximum atomic E-state index is 9.53. The lowest BCUT2D eigenvalue weighted by molar-refractivity contribution is 0.0529. The number of nitriles is 1. The van der Waals surface area contributed by atoms with Gasteiger partial charge in [0.2, 0.25) is 0 Å². The number of hydrogen-bond acceptors (Lipinski definition) is 3. The zero-order valence-electron chi connectivity index (χ0n) is 7.28. The molecule has 0 spiro atoms. The Morgan fingerprint density at radius 3 is 2.13 bits per heavy atom. The quantitative estimate of drug-likeness (QED) is 0.639. The van der Waals surface area contributed by atoms with Gasteiger partial charge in [0, 0.05) is 10.6 Å². The van der Waals surface area contributed by atoms with E-state index in [4.69, 9.17) is 45.2 Å². The summed E-state index contributed by atoms with van der Waals surface area (Å²) in [5, 5.41) is 27.6. The summed E-state index contributed by atoms with van der Waals surface area (Å²) in [6, 6.07) is 4.15. The Labute approximate surface area is 101 Å². The highest BCUT2D eigenvalue weighted by atomic mass is 35.5.